The lowest BCUT2D eigenvalue weighted by Gasteiger charge is -2.20. The Kier molecular flexibility index (Phi) is 3.87. The molecule has 1 fully saturated rings. The molecule has 106 valence electrons. The lowest BCUT2D eigenvalue weighted by molar-refractivity contribution is 0.284. The Labute approximate surface area is 122 Å². The summed E-state index contributed by atoms with van der Waals surface area (Å²) in [7, 11) is 0. The molecule has 0 unspecified atom stereocenters. The summed E-state index contributed by atoms with van der Waals surface area (Å²) in [6.07, 6.45) is 4.39. The third-order valence-corrected chi connectivity index (χ3v) is 5.04. The zero-order valence-corrected chi connectivity index (χ0v) is 12.3. The Bertz CT molecular complexity index is 631. The molecule has 1 saturated carbocycles. The van der Waals surface area contributed by atoms with Crippen molar-refractivity contribution in [2.24, 2.45) is 5.73 Å². The second-order valence-electron chi connectivity index (χ2n) is 5.27. The minimum Gasteiger partial charge on any atom is -0.326 e. The van der Waals surface area contributed by atoms with E-state index in [1.807, 2.05) is 12.1 Å². The first-order valence-corrected chi connectivity index (χ1v) is 7.80. The van der Waals surface area contributed by atoms with Gasteiger partial charge in [-0.3, -0.25) is 4.90 Å². The van der Waals surface area contributed by atoms with Crippen molar-refractivity contribution in [2.45, 2.75) is 32.0 Å². The van der Waals surface area contributed by atoms with Gasteiger partial charge in [-0.15, -0.1) is 17.9 Å². The summed E-state index contributed by atoms with van der Waals surface area (Å²) < 4.78 is 15.2. The van der Waals surface area contributed by atoms with Crippen LogP contribution in [-0.4, -0.2) is 17.5 Å². The highest BCUT2D eigenvalue weighted by Gasteiger charge is 2.29. The van der Waals surface area contributed by atoms with Gasteiger partial charge in [0.25, 0.3) is 0 Å². The molecule has 0 saturated heterocycles. The van der Waals surface area contributed by atoms with Crippen LogP contribution >= 0.6 is 11.3 Å². The molecule has 1 aromatic carbocycles. The average Bonchev–Trinajstić information content (AvgIpc) is 3.22. The molecule has 0 radical (unpaired) electrons. The fraction of sp³-hybridized carbons (Fsp3) is 0.375. The second kappa shape index (κ2) is 5.64. The first kappa shape index (κ1) is 13.7. The van der Waals surface area contributed by atoms with Crippen molar-refractivity contribution in [3.8, 4) is 0 Å². The van der Waals surface area contributed by atoms with Crippen molar-refractivity contribution in [3.05, 3.63) is 47.1 Å². The van der Waals surface area contributed by atoms with Crippen LogP contribution in [0.2, 0.25) is 0 Å². The topological polar surface area (TPSA) is 29.3 Å². The third kappa shape index (κ3) is 2.51. The molecule has 1 heterocycles. The number of hydrogen-bond donors (Lipinski definition) is 1. The zero-order valence-electron chi connectivity index (χ0n) is 11.4. The lowest BCUT2D eigenvalue weighted by atomic mass is 10.1. The van der Waals surface area contributed by atoms with Gasteiger partial charge in [0.15, 0.2) is 0 Å². The zero-order chi connectivity index (χ0) is 14.1. The fourth-order valence-electron chi connectivity index (χ4n) is 2.70. The molecule has 2 N–H and O–H groups in total. The highest BCUT2D eigenvalue weighted by Crippen LogP contribution is 2.36. The molecule has 0 spiro atoms. The molecular weight excluding hydrogens is 271 g/mol. The fourth-order valence-corrected chi connectivity index (χ4v) is 3.81. The van der Waals surface area contributed by atoms with Gasteiger partial charge in [-0.1, -0.05) is 12.1 Å². The van der Waals surface area contributed by atoms with Gasteiger partial charge >= 0.3 is 0 Å². The molecule has 2 nitrogen and oxygen atoms in total. The summed E-state index contributed by atoms with van der Waals surface area (Å²) in [5, 5.41) is 0.757. The highest BCUT2D eigenvalue weighted by atomic mass is 32.1. The van der Waals surface area contributed by atoms with Crippen LogP contribution in [0.5, 0.6) is 0 Å². The predicted molar refractivity (Wildman–Crippen MR) is 83.3 cm³/mol. The van der Waals surface area contributed by atoms with Crippen LogP contribution in [0.1, 0.15) is 23.3 Å². The SMILES string of the molecule is C=CCN(Cc1c(CN)sc2cccc(F)c12)C1CC1. The second-order valence-corrected chi connectivity index (χ2v) is 6.41. The summed E-state index contributed by atoms with van der Waals surface area (Å²) in [6.45, 7) is 5.91. The first-order valence-electron chi connectivity index (χ1n) is 6.98. The van der Waals surface area contributed by atoms with Crippen LogP contribution in [0.3, 0.4) is 0 Å². The quantitative estimate of drug-likeness (QED) is 0.823. The van der Waals surface area contributed by atoms with Gasteiger partial charge in [0.1, 0.15) is 5.82 Å². The third-order valence-electron chi connectivity index (χ3n) is 3.82. The maximum atomic E-state index is 14.2. The van der Waals surface area contributed by atoms with Crippen LogP contribution in [-0.2, 0) is 13.1 Å². The van der Waals surface area contributed by atoms with E-state index < -0.39 is 0 Å². The Balaban J connectivity index is 2.02. The maximum Gasteiger partial charge on any atom is 0.132 e. The summed E-state index contributed by atoms with van der Waals surface area (Å²) >= 11 is 1.61. The van der Waals surface area contributed by atoms with E-state index in [1.165, 1.54) is 18.9 Å². The van der Waals surface area contributed by atoms with Gasteiger partial charge in [-0.2, -0.15) is 0 Å². The van der Waals surface area contributed by atoms with Crippen LogP contribution in [0.4, 0.5) is 4.39 Å². The van der Waals surface area contributed by atoms with Gasteiger partial charge in [0.2, 0.25) is 0 Å². The van der Waals surface area contributed by atoms with E-state index in [2.05, 4.69) is 11.5 Å². The average molecular weight is 290 g/mol. The molecule has 20 heavy (non-hydrogen) atoms. The molecule has 4 heteroatoms. The minimum absolute atomic E-state index is 0.136. The Morgan fingerprint density at radius 3 is 2.90 bits per heavy atom. The molecular formula is C16H19FN2S. The van der Waals surface area contributed by atoms with Crippen molar-refractivity contribution in [1.29, 1.82) is 0 Å². The summed E-state index contributed by atoms with van der Waals surface area (Å²) in [5.41, 5.74) is 6.92. The van der Waals surface area contributed by atoms with Crippen LogP contribution in [0.25, 0.3) is 10.1 Å². The number of halogens is 1. The normalized spacial score (nSPS) is 15.2. The molecule has 3 rings (SSSR count). The number of thiophene rings is 1. The van der Waals surface area contributed by atoms with Gasteiger partial charge in [0, 0.05) is 40.6 Å². The number of nitrogens with zero attached hydrogens (tertiary/aromatic N) is 1. The van der Waals surface area contributed by atoms with E-state index in [9.17, 15) is 4.39 Å². The molecule has 1 aliphatic carbocycles. The van der Waals surface area contributed by atoms with Gasteiger partial charge in [-0.05, 0) is 30.5 Å². The molecule has 2 aromatic rings. The number of fused-ring (bicyclic) bond motifs is 1. The van der Waals surface area contributed by atoms with E-state index in [4.69, 9.17) is 5.73 Å². The molecule has 1 aliphatic rings. The molecule has 0 amide bonds. The van der Waals surface area contributed by atoms with Crippen molar-refractivity contribution >= 4 is 21.4 Å². The Hall–Kier alpha value is -1.23. The monoisotopic (exact) mass is 290 g/mol. The van der Waals surface area contributed by atoms with Crippen molar-refractivity contribution in [1.82, 2.24) is 4.90 Å². The lowest BCUT2D eigenvalue weighted by Crippen LogP contribution is -2.26. The number of rotatable bonds is 6. The summed E-state index contributed by atoms with van der Waals surface area (Å²) in [4.78, 5) is 3.47. The smallest absolute Gasteiger partial charge is 0.132 e. The van der Waals surface area contributed by atoms with Crippen molar-refractivity contribution in [3.63, 3.8) is 0 Å². The molecule has 1 aromatic heterocycles. The minimum atomic E-state index is -0.136. The highest BCUT2D eigenvalue weighted by molar-refractivity contribution is 7.19. The molecule has 0 aliphatic heterocycles. The Morgan fingerprint density at radius 1 is 1.45 bits per heavy atom. The summed E-state index contributed by atoms with van der Waals surface area (Å²) in [6, 6.07) is 5.90. The predicted octanol–water partition coefficient (Wildman–Crippen LogP) is 3.65. The van der Waals surface area contributed by atoms with E-state index in [0.29, 0.717) is 12.6 Å². The van der Waals surface area contributed by atoms with E-state index in [1.54, 1.807) is 17.4 Å². The van der Waals surface area contributed by atoms with Crippen molar-refractivity contribution in [2.75, 3.05) is 6.54 Å². The van der Waals surface area contributed by atoms with E-state index in [-0.39, 0.29) is 5.82 Å². The van der Waals surface area contributed by atoms with Gasteiger partial charge < -0.3 is 5.73 Å². The van der Waals surface area contributed by atoms with Crippen LogP contribution in [0.15, 0.2) is 30.9 Å². The summed E-state index contributed by atoms with van der Waals surface area (Å²) in [5.74, 6) is -0.136. The Morgan fingerprint density at radius 2 is 2.25 bits per heavy atom. The van der Waals surface area contributed by atoms with Gasteiger partial charge in [-0.25, -0.2) is 4.39 Å². The van der Waals surface area contributed by atoms with Crippen molar-refractivity contribution < 1.29 is 4.39 Å². The molecule has 0 bridgehead atoms. The van der Waals surface area contributed by atoms with Crippen LogP contribution in [0, 0.1) is 5.82 Å². The van der Waals surface area contributed by atoms with Crippen LogP contribution < -0.4 is 5.73 Å². The maximum absolute atomic E-state index is 14.2. The number of hydrogen-bond acceptors (Lipinski definition) is 3. The van der Waals surface area contributed by atoms with Gasteiger partial charge in [0.05, 0.1) is 0 Å². The number of nitrogens with two attached hydrogens (primary N) is 1. The number of benzene rings is 1. The molecule has 0 atom stereocenters. The van der Waals surface area contributed by atoms with E-state index in [0.717, 1.165) is 33.6 Å². The largest absolute Gasteiger partial charge is 0.326 e. The van der Waals surface area contributed by atoms with E-state index >= 15 is 0 Å². The standard InChI is InChI=1S/C16H19FN2S/c1-2-8-19(11-6-7-11)10-12-15(9-18)20-14-5-3-4-13(17)16(12)14/h2-5,11H,1,6-10,18H2. The first-order chi connectivity index (χ1) is 9.74.